The van der Waals surface area contributed by atoms with E-state index in [2.05, 4.69) is 30.6 Å². The number of carbonyl (C=O) groups excluding carboxylic acids is 1. The standard InChI is InChI=1S/C16H11N7O3/c24-15(13-11-4-5-17-14(11)19-8-18-13)20-9-2-1-3-10(6-9)23-7-12(16(25)26)21-22-23/h1-8H,(H,20,24)(H,25,26)(H,17,18,19). The fourth-order valence-corrected chi connectivity index (χ4v) is 2.46. The minimum Gasteiger partial charge on any atom is -0.476 e. The van der Waals surface area contributed by atoms with Gasteiger partial charge < -0.3 is 15.4 Å². The minimum absolute atomic E-state index is 0.171. The highest BCUT2D eigenvalue weighted by Crippen LogP contribution is 2.17. The first-order valence-corrected chi connectivity index (χ1v) is 7.47. The summed E-state index contributed by atoms with van der Waals surface area (Å²) >= 11 is 0. The van der Waals surface area contributed by atoms with Gasteiger partial charge in [-0.1, -0.05) is 11.3 Å². The average molecular weight is 349 g/mol. The van der Waals surface area contributed by atoms with Crippen molar-refractivity contribution in [3.8, 4) is 5.69 Å². The fraction of sp³-hybridized carbons (Fsp3) is 0. The van der Waals surface area contributed by atoms with E-state index in [1.165, 1.54) is 17.2 Å². The Morgan fingerprint density at radius 1 is 1.19 bits per heavy atom. The number of carboxylic acid groups (broad SMARTS) is 1. The summed E-state index contributed by atoms with van der Waals surface area (Å²) in [6, 6.07) is 8.49. The quantitative estimate of drug-likeness (QED) is 0.507. The van der Waals surface area contributed by atoms with Crippen LogP contribution < -0.4 is 5.32 Å². The number of benzene rings is 1. The van der Waals surface area contributed by atoms with E-state index in [1.807, 2.05) is 0 Å². The van der Waals surface area contributed by atoms with Gasteiger partial charge in [-0.05, 0) is 24.3 Å². The molecule has 0 fully saturated rings. The highest BCUT2D eigenvalue weighted by Gasteiger charge is 2.14. The van der Waals surface area contributed by atoms with Gasteiger partial charge in [0.05, 0.1) is 17.3 Å². The van der Waals surface area contributed by atoms with Gasteiger partial charge in [-0.3, -0.25) is 4.79 Å². The zero-order valence-corrected chi connectivity index (χ0v) is 13.1. The highest BCUT2D eigenvalue weighted by molar-refractivity contribution is 6.10. The maximum atomic E-state index is 12.5. The largest absolute Gasteiger partial charge is 0.476 e. The first kappa shape index (κ1) is 15.4. The Morgan fingerprint density at radius 3 is 2.88 bits per heavy atom. The summed E-state index contributed by atoms with van der Waals surface area (Å²) in [5.41, 5.74) is 1.70. The summed E-state index contributed by atoms with van der Waals surface area (Å²) < 4.78 is 1.31. The Balaban J connectivity index is 1.61. The summed E-state index contributed by atoms with van der Waals surface area (Å²) in [7, 11) is 0. The van der Waals surface area contributed by atoms with Crippen LogP contribution in [0.3, 0.4) is 0 Å². The van der Waals surface area contributed by atoms with E-state index >= 15 is 0 Å². The molecule has 3 heterocycles. The van der Waals surface area contributed by atoms with Gasteiger partial charge in [0.1, 0.15) is 17.7 Å². The Morgan fingerprint density at radius 2 is 2.08 bits per heavy atom. The van der Waals surface area contributed by atoms with Crippen LogP contribution in [0.2, 0.25) is 0 Å². The molecule has 26 heavy (non-hydrogen) atoms. The lowest BCUT2D eigenvalue weighted by Gasteiger charge is -2.07. The first-order chi connectivity index (χ1) is 12.6. The van der Waals surface area contributed by atoms with Crippen molar-refractivity contribution in [3.63, 3.8) is 0 Å². The van der Waals surface area contributed by atoms with Crippen LogP contribution >= 0.6 is 0 Å². The normalized spacial score (nSPS) is 10.8. The molecular formula is C16H11N7O3. The number of aromatic nitrogens is 6. The number of carbonyl (C=O) groups is 2. The molecule has 0 spiro atoms. The third kappa shape index (κ3) is 2.75. The molecule has 0 atom stereocenters. The number of amides is 1. The monoisotopic (exact) mass is 349 g/mol. The summed E-state index contributed by atoms with van der Waals surface area (Å²) in [6.07, 6.45) is 4.28. The zero-order chi connectivity index (χ0) is 18.1. The number of nitrogens with zero attached hydrogens (tertiary/aromatic N) is 5. The second-order valence-electron chi connectivity index (χ2n) is 5.32. The molecule has 128 valence electrons. The van der Waals surface area contributed by atoms with E-state index in [-0.39, 0.29) is 17.3 Å². The number of hydrogen-bond donors (Lipinski definition) is 3. The molecule has 1 aromatic carbocycles. The molecule has 3 aromatic heterocycles. The van der Waals surface area contributed by atoms with Crippen LogP contribution in [0.15, 0.2) is 49.1 Å². The van der Waals surface area contributed by atoms with Crippen molar-refractivity contribution in [2.45, 2.75) is 0 Å². The van der Waals surface area contributed by atoms with Crippen LogP contribution in [0, 0.1) is 0 Å². The van der Waals surface area contributed by atoms with Gasteiger partial charge in [0, 0.05) is 11.9 Å². The molecule has 0 aliphatic rings. The number of rotatable bonds is 4. The Labute approximate surface area is 145 Å². The fourth-order valence-electron chi connectivity index (χ4n) is 2.46. The van der Waals surface area contributed by atoms with Gasteiger partial charge in [-0.25, -0.2) is 19.4 Å². The molecule has 0 aliphatic heterocycles. The summed E-state index contributed by atoms with van der Waals surface area (Å²) in [4.78, 5) is 34.5. The molecule has 1 amide bonds. The van der Waals surface area contributed by atoms with Crippen molar-refractivity contribution in [2.75, 3.05) is 5.32 Å². The molecule has 0 radical (unpaired) electrons. The van der Waals surface area contributed by atoms with Gasteiger partial charge in [-0.2, -0.15) is 0 Å². The summed E-state index contributed by atoms with van der Waals surface area (Å²) in [5, 5.41) is 19.6. The van der Waals surface area contributed by atoms with Gasteiger partial charge >= 0.3 is 5.97 Å². The van der Waals surface area contributed by atoms with E-state index < -0.39 is 5.97 Å². The van der Waals surface area contributed by atoms with Crippen molar-refractivity contribution in [1.82, 2.24) is 29.9 Å². The van der Waals surface area contributed by atoms with Crippen molar-refractivity contribution in [2.24, 2.45) is 0 Å². The van der Waals surface area contributed by atoms with Gasteiger partial charge in [0.2, 0.25) is 0 Å². The summed E-state index contributed by atoms with van der Waals surface area (Å²) in [6.45, 7) is 0. The van der Waals surface area contributed by atoms with Crippen LogP contribution in [-0.2, 0) is 0 Å². The molecule has 3 N–H and O–H groups in total. The first-order valence-electron chi connectivity index (χ1n) is 7.47. The topological polar surface area (TPSA) is 139 Å². The van der Waals surface area contributed by atoms with Gasteiger partial charge in [0.15, 0.2) is 5.69 Å². The molecule has 10 nitrogen and oxygen atoms in total. The number of H-pyrrole nitrogens is 1. The number of hydrogen-bond acceptors (Lipinski definition) is 6. The van der Waals surface area contributed by atoms with Crippen LogP contribution in [0.5, 0.6) is 0 Å². The smallest absolute Gasteiger partial charge is 0.358 e. The highest BCUT2D eigenvalue weighted by atomic mass is 16.4. The Hall–Kier alpha value is -4.08. The van der Waals surface area contributed by atoms with Crippen LogP contribution in [0.4, 0.5) is 5.69 Å². The molecule has 0 bridgehead atoms. The van der Waals surface area contributed by atoms with Crippen molar-refractivity contribution in [1.29, 1.82) is 0 Å². The number of fused-ring (bicyclic) bond motifs is 1. The SMILES string of the molecule is O=C(O)c1cn(-c2cccc(NC(=O)c3ncnc4[nH]ccc34)c2)nn1. The zero-order valence-electron chi connectivity index (χ0n) is 13.1. The maximum Gasteiger partial charge on any atom is 0.358 e. The van der Waals surface area contributed by atoms with E-state index in [0.717, 1.165) is 0 Å². The second kappa shape index (κ2) is 6.09. The number of aromatic carboxylic acids is 1. The van der Waals surface area contributed by atoms with E-state index in [4.69, 9.17) is 5.11 Å². The van der Waals surface area contributed by atoms with Crippen molar-refractivity contribution in [3.05, 3.63) is 60.4 Å². The number of carboxylic acids is 1. The van der Waals surface area contributed by atoms with Crippen molar-refractivity contribution < 1.29 is 14.7 Å². The van der Waals surface area contributed by atoms with Crippen LogP contribution in [0.25, 0.3) is 16.7 Å². The molecular weight excluding hydrogens is 338 g/mol. The molecule has 0 saturated carbocycles. The molecule has 0 unspecified atom stereocenters. The molecule has 4 rings (SSSR count). The predicted octanol–water partition coefficient (Wildman–Crippen LogP) is 1.49. The molecule has 0 saturated heterocycles. The lowest BCUT2D eigenvalue weighted by molar-refractivity contribution is 0.0690. The van der Waals surface area contributed by atoms with Gasteiger partial charge in [-0.15, -0.1) is 5.10 Å². The molecule has 10 heteroatoms. The van der Waals surface area contributed by atoms with E-state index in [0.29, 0.717) is 22.4 Å². The second-order valence-corrected chi connectivity index (χ2v) is 5.32. The lowest BCUT2D eigenvalue weighted by Crippen LogP contribution is -2.14. The Bertz CT molecular complexity index is 1130. The number of anilines is 1. The molecule has 4 aromatic rings. The van der Waals surface area contributed by atoms with Crippen LogP contribution in [0.1, 0.15) is 21.0 Å². The number of nitrogens with one attached hydrogen (secondary N) is 2. The van der Waals surface area contributed by atoms with Gasteiger partial charge in [0.25, 0.3) is 5.91 Å². The molecule has 0 aliphatic carbocycles. The lowest BCUT2D eigenvalue weighted by atomic mass is 10.2. The van der Waals surface area contributed by atoms with E-state index in [9.17, 15) is 9.59 Å². The van der Waals surface area contributed by atoms with Crippen LogP contribution in [-0.4, -0.2) is 46.9 Å². The Kier molecular flexibility index (Phi) is 3.62. The third-order valence-corrected chi connectivity index (χ3v) is 3.65. The predicted molar refractivity (Wildman–Crippen MR) is 90.2 cm³/mol. The maximum absolute atomic E-state index is 12.5. The number of aromatic amines is 1. The van der Waals surface area contributed by atoms with Crippen molar-refractivity contribution >= 4 is 28.6 Å². The minimum atomic E-state index is -1.17. The average Bonchev–Trinajstić information content (AvgIpc) is 3.31. The third-order valence-electron chi connectivity index (χ3n) is 3.65. The summed E-state index contributed by atoms with van der Waals surface area (Å²) in [5.74, 6) is -1.56. The van der Waals surface area contributed by atoms with E-state index in [1.54, 1.807) is 36.5 Å².